The molecule has 2 saturated heterocycles. The van der Waals surface area contributed by atoms with Gasteiger partial charge in [0.25, 0.3) is 0 Å². The summed E-state index contributed by atoms with van der Waals surface area (Å²) in [7, 11) is 0. The molecule has 0 aromatic heterocycles. The van der Waals surface area contributed by atoms with Gasteiger partial charge in [0.05, 0.1) is 19.8 Å². The molecule has 0 radical (unpaired) electrons. The molecule has 10 heteroatoms. The number of rotatable bonds is 7. The lowest BCUT2D eigenvalue weighted by molar-refractivity contribution is -0.130. The fraction of sp³-hybridized carbons (Fsp3) is 0.769. The Kier molecular flexibility index (Phi) is 6.56. The van der Waals surface area contributed by atoms with E-state index in [1.807, 2.05) is 0 Å². The number of carbonyl (C=O) groups is 3. The Morgan fingerprint density at radius 2 is 2.13 bits per heavy atom. The lowest BCUT2D eigenvalue weighted by atomic mass is 10.2. The SMILES string of the molecule is O=C1NCC(C(=O)NC(CO)C(=O)NCCN2CCOCC2)N1. The van der Waals surface area contributed by atoms with Gasteiger partial charge in [-0.25, -0.2) is 4.79 Å². The number of morpholine rings is 1. The van der Waals surface area contributed by atoms with Crippen molar-refractivity contribution in [1.82, 2.24) is 26.2 Å². The van der Waals surface area contributed by atoms with Crippen molar-refractivity contribution in [2.45, 2.75) is 12.1 Å². The van der Waals surface area contributed by atoms with Crippen LogP contribution in [0.1, 0.15) is 0 Å². The van der Waals surface area contributed by atoms with E-state index < -0.39 is 36.5 Å². The smallest absolute Gasteiger partial charge is 0.315 e. The Morgan fingerprint density at radius 1 is 1.39 bits per heavy atom. The largest absolute Gasteiger partial charge is 0.394 e. The summed E-state index contributed by atoms with van der Waals surface area (Å²) < 4.78 is 5.24. The second-order valence-corrected chi connectivity index (χ2v) is 5.40. The van der Waals surface area contributed by atoms with Gasteiger partial charge in [-0.05, 0) is 0 Å². The molecule has 23 heavy (non-hydrogen) atoms. The monoisotopic (exact) mass is 329 g/mol. The van der Waals surface area contributed by atoms with Gasteiger partial charge < -0.3 is 31.1 Å². The van der Waals surface area contributed by atoms with Gasteiger partial charge in [-0.1, -0.05) is 0 Å². The van der Waals surface area contributed by atoms with Crippen molar-refractivity contribution in [3.8, 4) is 0 Å². The van der Waals surface area contributed by atoms with Gasteiger partial charge in [-0.3, -0.25) is 14.5 Å². The molecule has 0 bridgehead atoms. The Morgan fingerprint density at radius 3 is 2.74 bits per heavy atom. The Labute approximate surface area is 133 Å². The highest BCUT2D eigenvalue weighted by Crippen LogP contribution is 1.96. The van der Waals surface area contributed by atoms with Gasteiger partial charge in [-0.2, -0.15) is 0 Å². The second kappa shape index (κ2) is 8.65. The van der Waals surface area contributed by atoms with Crippen LogP contribution in [0.15, 0.2) is 0 Å². The topological polar surface area (TPSA) is 132 Å². The van der Waals surface area contributed by atoms with Gasteiger partial charge in [0.1, 0.15) is 12.1 Å². The molecular weight excluding hydrogens is 306 g/mol. The van der Waals surface area contributed by atoms with Gasteiger partial charge in [0.2, 0.25) is 11.8 Å². The number of urea groups is 1. The number of nitrogens with zero attached hydrogens (tertiary/aromatic N) is 1. The number of nitrogens with one attached hydrogen (secondary N) is 4. The second-order valence-electron chi connectivity index (χ2n) is 5.40. The molecule has 5 N–H and O–H groups in total. The maximum Gasteiger partial charge on any atom is 0.315 e. The van der Waals surface area contributed by atoms with Crippen LogP contribution in [0.2, 0.25) is 0 Å². The van der Waals surface area contributed by atoms with E-state index in [9.17, 15) is 19.5 Å². The van der Waals surface area contributed by atoms with E-state index in [0.717, 1.165) is 13.1 Å². The minimum Gasteiger partial charge on any atom is -0.394 e. The van der Waals surface area contributed by atoms with E-state index >= 15 is 0 Å². The molecule has 2 fully saturated rings. The van der Waals surface area contributed by atoms with Crippen molar-refractivity contribution in [3.63, 3.8) is 0 Å². The number of amides is 4. The van der Waals surface area contributed by atoms with Gasteiger partial charge >= 0.3 is 6.03 Å². The summed E-state index contributed by atoms with van der Waals surface area (Å²) in [5, 5.41) is 19.3. The van der Waals surface area contributed by atoms with Crippen molar-refractivity contribution in [2.24, 2.45) is 0 Å². The highest BCUT2D eigenvalue weighted by molar-refractivity contribution is 5.93. The first-order chi connectivity index (χ1) is 11.1. The Bertz CT molecular complexity index is 440. The van der Waals surface area contributed by atoms with E-state index in [4.69, 9.17) is 4.74 Å². The third kappa shape index (κ3) is 5.34. The van der Waals surface area contributed by atoms with E-state index in [-0.39, 0.29) is 6.54 Å². The van der Waals surface area contributed by atoms with Crippen molar-refractivity contribution < 1.29 is 24.2 Å². The number of hydrogen-bond donors (Lipinski definition) is 5. The molecule has 2 atom stereocenters. The number of ether oxygens (including phenoxy) is 1. The van der Waals surface area contributed by atoms with E-state index in [1.54, 1.807) is 0 Å². The molecule has 130 valence electrons. The fourth-order valence-corrected chi connectivity index (χ4v) is 2.36. The maximum absolute atomic E-state index is 12.0. The van der Waals surface area contributed by atoms with Crippen LogP contribution in [-0.4, -0.2) is 92.5 Å². The molecule has 2 heterocycles. The van der Waals surface area contributed by atoms with Crippen LogP contribution in [0.25, 0.3) is 0 Å². The average molecular weight is 329 g/mol. The van der Waals surface area contributed by atoms with Gasteiger partial charge in [0, 0.05) is 32.7 Å². The van der Waals surface area contributed by atoms with E-state index in [2.05, 4.69) is 26.2 Å². The summed E-state index contributed by atoms with van der Waals surface area (Å²) >= 11 is 0. The summed E-state index contributed by atoms with van der Waals surface area (Å²) in [5.74, 6) is -0.961. The zero-order valence-electron chi connectivity index (χ0n) is 12.8. The lowest BCUT2D eigenvalue weighted by Crippen LogP contribution is -2.54. The van der Waals surface area contributed by atoms with Crippen molar-refractivity contribution in [3.05, 3.63) is 0 Å². The Hall–Kier alpha value is -1.91. The van der Waals surface area contributed by atoms with Crippen LogP contribution in [-0.2, 0) is 14.3 Å². The zero-order chi connectivity index (χ0) is 16.7. The molecule has 0 aromatic carbocycles. The van der Waals surface area contributed by atoms with E-state index in [1.165, 1.54) is 0 Å². The molecule has 10 nitrogen and oxygen atoms in total. The predicted molar refractivity (Wildman–Crippen MR) is 79.6 cm³/mol. The minimum absolute atomic E-state index is 0.154. The first-order valence-corrected chi connectivity index (χ1v) is 7.63. The van der Waals surface area contributed by atoms with Crippen LogP contribution in [0.3, 0.4) is 0 Å². The quantitative estimate of drug-likeness (QED) is 0.331. The van der Waals surface area contributed by atoms with Crippen molar-refractivity contribution in [2.75, 3.05) is 52.5 Å². The van der Waals surface area contributed by atoms with Crippen molar-refractivity contribution >= 4 is 17.8 Å². The van der Waals surface area contributed by atoms with Crippen LogP contribution in [0, 0.1) is 0 Å². The predicted octanol–water partition coefficient (Wildman–Crippen LogP) is -3.41. The number of aliphatic hydroxyl groups excluding tert-OH is 1. The summed E-state index contributed by atoms with van der Waals surface area (Å²) in [6, 6.07) is -2.21. The van der Waals surface area contributed by atoms with Gasteiger partial charge in [-0.15, -0.1) is 0 Å². The maximum atomic E-state index is 12.0. The summed E-state index contributed by atoms with van der Waals surface area (Å²) in [4.78, 5) is 37.1. The lowest BCUT2D eigenvalue weighted by Gasteiger charge is -2.26. The number of aliphatic hydroxyl groups is 1. The molecule has 0 aromatic rings. The number of carbonyl (C=O) groups excluding carboxylic acids is 3. The molecule has 0 saturated carbocycles. The standard InChI is InChI=1S/C13H23N5O5/c19-8-10(16-12(21)9-7-15-13(22)17-9)11(20)14-1-2-18-3-5-23-6-4-18/h9-10,19H,1-8H2,(H,14,20)(H,16,21)(H2,15,17,22). The summed E-state index contributed by atoms with van der Waals surface area (Å²) in [6.45, 7) is 3.77. The van der Waals surface area contributed by atoms with Crippen LogP contribution < -0.4 is 21.3 Å². The minimum atomic E-state index is -1.04. The van der Waals surface area contributed by atoms with Crippen LogP contribution in [0.4, 0.5) is 4.79 Å². The van der Waals surface area contributed by atoms with Crippen LogP contribution >= 0.6 is 0 Å². The molecule has 2 unspecified atom stereocenters. The fourth-order valence-electron chi connectivity index (χ4n) is 2.36. The van der Waals surface area contributed by atoms with Gasteiger partial charge in [0.15, 0.2) is 0 Å². The summed E-state index contributed by atoms with van der Waals surface area (Å²) in [5.41, 5.74) is 0. The normalized spacial score (nSPS) is 22.8. The molecular formula is C13H23N5O5. The van der Waals surface area contributed by atoms with Crippen molar-refractivity contribution in [1.29, 1.82) is 0 Å². The highest BCUT2D eigenvalue weighted by atomic mass is 16.5. The molecule has 2 rings (SSSR count). The van der Waals surface area contributed by atoms with Crippen LogP contribution in [0.5, 0.6) is 0 Å². The molecule has 4 amide bonds. The highest BCUT2D eigenvalue weighted by Gasteiger charge is 2.29. The molecule has 0 spiro atoms. The molecule has 2 aliphatic heterocycles. The first kappa shape index (κ1) is 17.4. The zero-order valence-corrected chi connectivity index (χ0v) is 12.8. The number of hydrogen-bond acceptors (Lipinski definition) is 6. The summed E-state index contributed by atoms with van der Waals surface area (Å²) in [6.07, 6.45) is 0. The Balaban J connectivity index is 1.70. The third-order valence-electron chi connectivity index (χ3n) is 3.74. The molecule has 0 aliphatic carbocycles. The van der Waals surface area contributed by atoms with E-state index in [0.29, 0.717) is 26.3 Å². The third-order valence-corrected chi connectivity index (χ3v) is 3.74. The first-order valence-electron chi connectivity index (χ1n) is 7.63. The molecule has 2 aliphatic rings. The average Bonchev–Trinajstić information content (AvgIpc) is 3.00.